The van der Waals surface area contributed by atoms with E-state index < -0.39 is 5.92 Å². The molecule has 1 unspecified atom stereocenters. The first kappa shape index (κ1) is 15.8. The second kappa shape index (κ2) is 6.93. The second-order valence-corrected chi connectivity index (χ2v) is 5.78. The fraction of sp³-hybridized carbons (Fsp3) is 0.733. The number of carbonyl (C=O) groups is 1. The van der Waals surface area contributed by atoms with Crippen molar-refractivity contribution in [1.82, 2.24) is 5.16 Å². The molecule has 6 nitrogen and oxygen atoms in total. The van der Waals surface area contributed by atoms with Crippen LogP contribution in [0.5, 0.6) is 0 Å². The summed E-state index contributed by atoms with van der Waals surface area (Å²) < 4.78 is 10.5. The van der Waals surface area contributed by atoms with Crippen molar-refractivity contribution in [2.75, 3.05) is 24.6 Å². The normalized spacial score (nSPS) is 18.0. The Balaban J connectivity index is 2.11. The Bertz CT molecular complexity index is 464. The van der Waals surface area contributed by atoms with Crippen LogP contribution in [0.4, 0.5) is 5.82 Å². The Kier molecular flexibility index (Phi) is 5.22. The fourth-order valence-electron chi connectivity index (χ4n) is 2.62. The zero-order valence-corrected chi connectivity index (χ0v) is 12.9. The van der Waals surface area contributed by atoms with Crippen LogP contribution in [0.25, 0.3) is 0 Å². The number of nitrogens with zero attached hydrogens (tertiary/aromatic N) is 2. The molecule has 0 bridgehead atoms. The summed E-state index contributed by atoms with van der Waals surface area (Å²) in [5.74, 6) is 0.648. The van der Waals surface area contributed by atoms with E-state index in [0.29, 0.717) is 12.4 Å². The van der Waals surface area contributed by atoms with Gasteiger partial charge in [0, 0.05) is 19.2 Å². The van der Waals surface area contributed by atoms with Crippen LogP contribution in [0.1, 0.15) is 45.3 Å². The molecule has 1 fully saturated rings. The lowest BCUT2D eigenvalue weighted by atomic mass is 9.93. The molecular weight excluding hydrogens is 272 g/mol. The van der Waals surface area contributed by atoms with Gasteiger partial charge in [0.1, 0.15) is 5.92 Å². The monoisotopic (exact) mass is 296 g/mol. The van der Waals surface area contributed by atoms with Crippen LogP contribution >= 0.6 is 0 Å². The molecule has 0 aliphatic carbocycles. The van der Waals surface area contributed by atoms with Gasteiger partial charge >= 0.3 is 5.97 Å². The molecule has 1 aliphatic rings. The minimum absolute atomic E-state index is 0.0769. The van der Waals surface area contributed by atoms with E-state index in [0.717, 1.165) is 31.7 Å². The molecule has 0 spiro atoms. The van der Waals surface area contributed by atoms with Gasteiger partial charge < -0.3 is 19.3 Å². The molecule has 0 aromatic carbocycles. The first-order valence-corrected chi connectivity index (χ1v) is 7.59. The number of carbonyl (C=O) groups excluding carboxylic acids is 1. The van der Waals surface area contributed by atoms with Crippen LogP contribution in [-0.2, 0) is 9.53 Å². The third-order valence-electron chi connectivity index (χ3n) is 3.82. The molecule has 118 valence electrons. The van der Waals surface area contributed by atoms with Gasteiger partial charge in [0.2, 0.25) is 0 Å². The summed E-state index contributed by atoms with van der Waals surface area (Å²) in [6, 6.07) is 1.82. The predicted molar refractivity (Wildman–Crippen MR) is 78.2 cm³/mol. The molecule has 1 atom stereocenters. The number of aliphatic hydroxyl groups excluding tert-OH is 1. The van der Waals surface area contributed by atoms with Crippen LogP contribution in [0.15, 0.2) is 10.6 Å². The Morgan fingerprint density at radius 1 is 1.52 bits per heavy atom. The summed E-state index contributed by atoms with van der Waals surface area (Å²) in [6.07, 6.45) is 1.23. The summed E-state index contributed by atoms with van der Waals surface area (Å²) in [7, 11) is 0. The Hall–Kier alpha value is -1.56. The lowest BCUT2D eigenvalue weighted by molar-refractivity contribution is -0.146. The maximum atomic E-state index is 12.1. The molecule has 0 amide bonds. The molecule has 21 heavy (non-hydrogen) atoms. The SMILES string of the molecule is CCOC(=O)C(c1cc(N2CCC(O)CC2)no1)C(C)C. The van der Waals surface area contributed by atoms with E-state index in [9.17, 15) is 9.90 Å². The number of anilines is 1. The molecule has 0 radical (unpaired) electrons. The van der Waals surface area contributed by atoms with E-state index in [2.05, 4.69) is 10.1 Å². The van der Waals surface area contributed by atoms with Crippen molar-refractivity contribution in [2.45, 2.75) is 45.6 Å². The highest BCUT2D eigenvalue weighted by Gasteiger charge is 2.30. The van der Waals surface area contributed by atoms with Gasteiger partial charge in [-0.3, -0.25) is 4.79 Å². The van der Waals surface area contributed by atoms with Crippen molar-refractivity contribution in [2.24, 2.45) is 5.92 Å². The number of aromatic nitrogens is 1. The number of hydrogen-bond donors (Lipinski definition) is 1. The van der Waals surface area contributed by atoms with E-state index >= 15 is 0 Å². The summed E-state index contributed by atoms with van der Waals surface area (Å²) in [6.45, 7) is 7.56. The minimum Gasteiger partial charge on any atom is -0.465 e. The molecule has 6 heteroatoms. The Morgan fingerprint density at radius 2 is 2.19 bits per heavy atom. The zero-order chi connectivity index (χ0) is 15.4. The van der Waals surface area contributed by atoms with Crippen molar-refractivity contribution in [3.8, 4) is 0 Å². The van der Waals surface area contributed by atoms with E-state index in [-0.39, 0.29) is 18.0 Å². The summed E-state index contributed by atoms with van der Waals surface area (Å²) in [5.41, 5.74) is 0. The molecule has 0 saturated carbocycles. The van der Waals surface area contributed by atoms with Gasteiger partial charge in [-0.2, -0.15) is 0 Å². The Labute approximate surface area is 125 Å². The molecular formula is C15H24N2O4. The summed E-state index contributed by atoms with van der Waals surface area (Å²) in [4.78, 5) is 14.1. The number of piperidine rings is 1. The first-order chi connectivity index (χ1) is 10.0. The topological polar surface area (TPSA) is 75.8 Å². The van der Waals surface area contributed by atoms with Crippen LogP contribution in [0.2, 0.25) is 0 Å². The van der Waals surface area contributed by atoms with Crippen molar-refractivity contribution in [1.29, 1.82) is 0 Å². The van der Waals surface area contributed by atoms with Crippen LogP contribution in [0, 0.1) is 5.92 Å². The average Bonchev–Trinajstić information content (AvgIpc) is 2.89. The van der Waals surface area contributed by atoms with Gasteiger partial charge in [0.25, 0.3) is 0 Å². The maximum absolute atomic E-state index is 12.1. The maximum Gasteiger partial charge on any atom is 0.317 e. The molecule has 1 aromatic heterocycles. The fourth-order valence-corrected chi connectivity index (χ4v) is 2.62. The number of hydrogen-bond acceptors (Lipinski definition) is 6. The summed E-state index contributed by atoms with van der Waals surface area (Å²) in [5, 5.41) is 13.6. The van der Waals surface area contributed by atoms with E-state index in [1.807, 2.05) is 19.9 Å². The van der Waals surface area contributed by atoms with Gasteiger partial charge in [-0.05, 0) is 25.7 Å². The van der Waals surface area contributed by atoms with Gasteiger partial charge in [-0.1, -0.05) is 19.0 Å². The zero-order valence-electron chi connectivity index (χ0n) is 12.9. The molecule has 1 aromatic rings. The van der Waals surface area contributed by atoms with E-state index in [1.54, 1.807) is 6.92 Å². The predicted octanol–water partition coefficient (Wildman–Crippen LogP) is 1.94. The van der Waals surface area contributed by atoms with Crippen molar-refractivity contribution in [3.05, 3.63) is 11.8 Å². The Morgan fingerprint density at radius 3 is 2.76 bits per heavy atom. The van der Waals surface area contributed by atoms with Gasteiger partial charge in [0.15, 0.2) is 11.6 Å². The van der Waals surface area contributed by atoms with Crippen molar-refractivity contribution in [3.63, 3.8) is 0 Å². The highest BCUT2D eigenvalue weighted by Crippen LogP contribution is 2.29. The lowest BCUT2D eigenvalue weighted by Gasteiger charge is -2.28. The number of rotatable bonds is 5. The number of ether oxygens (including phenoxy) is 1. The quantitative estimate of drug-likeness (QED) is 0.837. The van der Waals surface area contributed by atoms with Crippen LogP contribution < -0.4 is 4.90 Å². The highest BCUT2D eigenvalue weighted by molar-refractivity contribution is 5.77. The minimum atomic E-state index is -0.429. The lowest BCUT2D eigenvalue weighted by Crippen LogP contribution is -2.35. The molecule has 1 saturated heterocycles. The van der Waals surface area contributed by atoms with Gasteiger partial charge in [-0.25, -0.2) is 0 Å². The standard InChI is InChI=1S/C15H24N2O4/c1-4-20-15(19)14(10(2)3)12-9-13(16-21-12)17-7-5-11(18)6-8-17/h9-11,14,18H,4-8H2,1-3H3. The van der Waals surface area contributed by atoms with E-state index in [1.165, 1.54) is 0 Å². The van der Waals surface area contributed by atoms with Crippen molar-refractivity contribution < 1.29 is 19.2 Å². The molecule has 1 aliphatic heterocycles. The summed E-state index contributed by atoms with van der Waals surface area (Å²) >= 11 is 0. The largest absolute Gasteiger partial charge is 0.465 e. The van der Waals surface area contributed by atoms with Crippen molar-refractivity contribution >= 4 is 11.8 Å². The van der Waals surface area contributed by atoms with Gasteiger partial charge in [-0.15, -0.1) is 0 Å². The average molecular weight is 296 g/mol. The highest BCUT2D eigenvalue weighted by atomic mass is 16.5. The second-order valence-electron chi connectivity index (χ2n) is 5.78. The first-order valence-electron chi connectivity index (χ1n) is 7.59. The third-order valence-corrected chi connectivity index (χ3v) is 3.82. The number of aliphatic hydroxyl groups is 1. The molecule has 1 N–H and O–H groups in total. The van der Waals surface area contributed by atoms with Gasteiger partial charge in [0.05, 0.1) is 12.7 Å². The smallest absolute Gasteiger partial charge is 0.317 e. The van der Waals surface area contributed by atoms with Crippen LogP contribution in [0.3, 0.4) is 0 Å². The van der Waals surface area contributed by atoms with Crippen LogP contribution in [-0.4, -0.2) is 42.0 Å². The number of esters is 1. The molecule has 2 rings (SSSR count). The molecule has 2 heterocycles. The van der Waals surface area contributed by atoms with E-state index in [4.69, 9.17) is 9.26 Å². The third kappa shape index (κ3) is 3.75.